The second-order valence-electron chi connectivity index (χ2n) is 9.77. The summed E-state index contributed by atoms with van der Waals surface area (Å²) in [5.74, 6) is -0.712. The van der Waals surface area contributed by atoms with Crippen LogP contribution in [-0.2, 0) is 16.0 Å². The largest absolute Gasteiger partial charge is 0.321 e. The van der Waals surface area contributed by atoms with Crippen molar-refractivity contribution in [1.29, 1.82) is 0 Å². The zero-order valence-electron chi connectivity index (χ0n) is 23.1. The zero-order valence-corrected chi connectivity index (χ0v) is 23.9. The number of anilines is 2. The lowest BCUT2D eigenvalue weighted by Gasteiger charge is -2.29. The Bertz CT molecular complexity index is 1670. The van der Waals surface area contributed by atoms with Gasteiger partial charge in [-0.3, -0.25) is 24.5 Å². The smallest absolute Gasteiger partial charge is 0.272 e. The van der Waals surface area contributed by atoms with Crippen LogP contribution in [0.15, 0.2) is 114 Å². The minimum Gasteiger partial charge on any atom is -0.321 e. The number of nitrogens with one attached hydrogen (secondary N) is 2. The van der Waals surface area contributed by atoms with E-state index < -0.39 is 16.7 Å². The molecular weight excluding hydrogens is 564 g/mol. The van der Waals surface area contributed by atoms with E-state index in [0.29, 0.717) is 23.4 Å². The average molecular weight is 593 g/mol. The molecule has 4 aromatic carbocycles. The van der Waals surface area contributed by atoms with Crippen molar-refractivity contribution in [3.05, 3.63) is 136 Å². The number of non-ortho nitro benzene ring substituents is 1. The lowest BCUT2D eigenvalue weighted by Crippen LogP contribution is -2.36. The Kier molecular flexibility index (Phi) is 9.28. The van der Waals surface area contributed by atoms with Crippen LogP contribution in [-0.4, -0.2) is 34.9 Å². The first kappa shape index (κ1) is 29.3. The molecule has 0 saturated carbocycles. The lowest BCUT2D eigenvalue weighted by atomic mass is 10.0. The fourth-order valence-corrected chi connectivity index (χ4v) is 5.42. The molecule has 0 aromatic heterocycles. The molecule has 2 N–H and O–H groups in total. The maximum Gasteiger partial charge on any atom is 0.272 e. The summed E-state index contributed by atoms with van der Waals surface area (Å²) in [6.07, 6.45) is 3.36. The van der Waals surface area contributed by atoms with E-state index in [1.807, 2.05) is 35.2 Å². The molecule has 0 bridgehead atoms. The van der Waals surface area contributed by atoms with Gasteiger partial charge in [0.15, 0.2) is 0 Å². The Morgan fingerprint density at radius 1 is 0.884 bits per heavy atom. The molecule has 4 aromatic rings. The summed E-state index contributed by atoms with van der Waals surface area (Å²) in [4.78, 5) is 52.3. The van der Waals surface area contributed by atoms with Crippen molar-refractivity contribution in [3.8, 4) is 0 Å². The molecule has 1 heterocycles. The van der Waals surface area contributed by atoms with Crippen molar-refractivity contribution in [1.82, 2.24) is 5.32 Å². The number of hydrogen-bond acceptors (Lipinski definition) is 6. The molecule has 216 valence electrons. The van der Waals surface area contributed by atoms with Crippen LogP contribution < -0.4 is 15.5 Å². The standard InChI is InChI=1S/C33H28N4O5S/c38-31(36-20-6-10-24-7-4-5-11-30(24)36)22-43-28-18-14-26(15-19-28)34-33(40)29(35-32(39)25-8-2-1-3-9-25)21-23-12-16-27(17-13-23)37(41)42/h1-5,7-9,11-19,21H,6,10,20,22H2,(H,34,40)(H,35,39)/b29-21-. The van der Waals surface area contributed by atoms with E-state index >= 15 is 0 Å². The van der Waals surface area contributed by atoms with Gasteiger partial charge in [0, 0.05) is 40.5 Å². The van der Waals surface area contributed by atoms with E-state index in [1.165, 1.54) is 47.7 Å². The Balaban J connectivity index is 1.25. The highest BCUT2D eigenvalue weighted by Crippen LogP contribution is 2.28. The second-order valence-corrected chi connectivity index (χ2v) is 10.8. The van der Waals surface area contributed by atoms with Gasteiger partial charge in [0.05, 0.1) is 10.7 Å². The monoisotopic (exact) mass is 592 g/mol. The molecular formula is C33H28N4O5S. The number of rotatable bonds is 9. The SMILES string of the molecule is O=C(Nc1ccc(SCC(=O)N2CCCc3ccccc32)cc1)/C(=C/c1ccc([N+](=O)[O-])cc1)NC(=O)c1ccccc1. The molecule has 0 spiro atoms. The number of carbonyl (C=O) groups excluding carboxylic acids is 3. The van der Waals surface area contributed by atoms with E-state index in [1.54, 1.807) is 42.5 Å². The number of aryl methyl sites for hydroxylation is 1. The molecule has 0 fully saturated rings. The summed E-state index contributed by atoms with van der Waals surface area (Å²) >= 11 is 1.42. The summed E-state index contributed by atoms with van der Waals surface area (Å²) in [5.41, 5.74) is 3.41. The van der Waals surface area contributed by atoms with Crippen LogP contribution in [0.1, 0.15) is 27.9 Å². The number of nitro groups is 1. The van der Waals surface area contributed by atoms with Crippen molar-refractivity contribution in [2.24, 2.45) is 0 Å². The van der Waals surface area contributed by atoms with Crippen LogP contribution in [0.4, 0.5) is 17.1 Å². The topological polar surface area (TPSA) is 122 Å². The first-order chi connectivity index (χ1) is 20.9. The molecule has 9 nitrogen and oxygen atoms in total. The number of para-hydroxylation sites is 1. The maximum atomic E-state index is 13.3. The fourth-order valence-electron chi connectivity index (χ4n) is 4.65. The van der Waals surface area contributed by atoms with Gasteiger partial charge in [0.2, 0.25) is 5.91 Å². The van der Waals surface area contributed by atoms with Crippen molar-refractivity contribution in [3.63, 3.8) is 0 Å². The third-order valence-corrected chi connectivity index (χ3v) is 7.83. The van der Waals surface area contributed by atoms with Gasteiger partial charge < -0.3 is 15.5 Å². The van der Waals surface area contributed by atoms with Crippen molar-refractivity contribution in [2.45, 2.75) is 17.7 Å². The number of hydrogen-bond donors (Lipinski definition) is 2. The van der Waals surface area contributed by atoms with Crippen molar-refractivity contribution >= 4 is 52.6 Å². The molecule has 0 atom stereocenters. The van der Waals surface area contributed by atoms with Crippen LogP contribution in [0.3, 0.4) is 0 Å². The summed E-state index contributed by atoms with van der Waals surface area (Å²) in [6, 6.07) is 29.2. The number of carbonyl (C=O) groups is 3. The maximum absolute atomic E-state index is 13.3. The minimum atomic E-state index is -0.568. The van der Waals surface area contributed by atoms with E-state index in [4.69, 9.17) is 0 Å². The molecule has 3 amide bonds. The van der Waals surface area contributed by atoms with Crippen LogP contribution in [0, 0.1) is 10.1 Å². The van der Waals surface area contributed by atoms with Gasteiger partial charge in [-0.1, -0.05) is 36.4 Å². The number of nitro benzene ring substituents is 1. The Hall–Kier alpha value is -5.22. The summed E-state index contributed by atoms with van der Waals surface area (Å²) in [5, 5.41) is 16.5. The molecule has 5 rings (SSSR count). The molecule has 0 radical (unpaired) electrons. The molecule has 1 aliphatic heterocycles. The summed E-state index contributed by atoms with van der Waals surface area (Å²) in [7, 11) is 0. The summed E-state index contributed by atoms with van der Waals surface area (Å²) in [6.45, 7) is 0.706. The first-order valence-corrected chi connectivity index (χ1v) is 14.6. The van der Waals surface area contributed by atoms with Crippen molar-refractivity contribution < 1.29 is 19.3 Å². The van der Waals surface area contributed by atoms with Gasteiger partial charge in [0.25, 0.3) is 17.5 Å². The van der Waals surface area contributed by atoms with Gasteiger partial charge in [-0.05, 0) is 84.6 Å². The highest BCUT2D eigenvalue weighted by molar-refractivity contribution is 8.00. The number of amides is 3. The number of thioether (sulfide) groups is 1. The van der Waals surface area contributed by atoms with Crippen molar-refractivity contribution in [2.75, 3.05) is 22.5 Å². The minimum absolute atomic E-state index is 0.0337. The third-order valence-electron chi connectivity index (χ3n) is 6.83. The van der Waals surface area contributed by atoms with E-state index in [9.17, 15) is 24.5 Å². The third kappa shape index (κ3) is 7.55. The molecule has 0 unspecified atom stereocenters. The Morgan fingerprint density at radius 2 is 1.58 bits per heavy atom. The van der Waals surface area contributed by atoms with Gasteiger partial charge in [-0.25, -0.2) is 0 Å². The molecule has 10 heteroatoms. The van der Waals surface area contributed by atoms with Crippen LogP contribution in [0.5, 0.6) is 0 Å². The molecule has 0 saturated heterocycles. The zero-order chi connectivity index (χ0) is 30.2. The Labute approximate surface area is 252 Å². The second kappa shape index (κ2) is 13.6. The molecule has 43 heavy (non-hydrogen) atoms. The highest BCUT2D eigenvalue weighted by atomic mass is 32.2. The van der Waals surface area contributed by atoms with Gasteiger partial charge in [0.1, 0.15) is 5.70 Å². The first-order valence-electron chi connectivity index (χ1n) is 13.6. The summed E-state index contributed by atoms with van der Waals surface area (Å²) < 4.78 is 0. The number of benzene rings is 4. The highest BCUT2D eigenvalue weighted by Gasteiger charge is 2.22. The van der Waals surface area contributed by atoms with Crippen LogP contribution in [0.25, 0.3) is 6.08 Å². The normalized spacial score (nSPS) is 12.7. The van der Waals surface area contributed by atoms with Gasteiger partial charge in [-0.15, -0.1) is 11.8 Å². The quantitative estimate of drug-likeness (QED) is 0.105. The lowest BCUT2D eigenvalue weighted by molar-refractivity contribution is -0.384. The Morgan fingerprint density at radius 3 is 2.30 bits per heavy atom. The van der Waals surface area contributed by atoms with E-state index in [-0.39, 0.29) is 23.0 Å². The number of nitrogens with zero attached hydrogens (tertiary/aromatic N) is 2. The fraction of sp³-hybridized carbons (Fsp3) is 0.121. The average Bonchev–Trinajstić information content (AvgIpc) is 3.04. The van der Waals surface area contributed by atoms with E-state index in [0.717, 1.165) is 23.4 Å². The predicted octanol–water partition coefficient (Wildman–Crippen LogP) is 6.08. The van der Waals surface area contributed by atoms with Gasteiger partial charge >= 0.3 is 0 Å². The predicted molar refractivity (Wildman–Crippen MR) is 168 cm³/mol. The molecule has 0 aliphatic carbocycles. The molecule has 1 aliphatic rings. The number of fused-ring (bicyclic) bond motifs is 1. The van der Waals surface area contributed by atoms with Crippen LogP contribution in [0.2, 0.25) is 0 Å². The van der Waals surface area contributed by atoms with Crippen LogP contribution >= 0.6 is 11.8 Å². The van der Waals surface area contributed by atoms with Gasteiger partial charge in [-0.2, -0.15) is 0 Å². The van der Waals surface area contributed by atoms with E-state index in [2.05, 4.69) is 16.7 Å².